The summed E-state index contributed by atoms with van der Waals surface area (Å²) in [6, 6.07) is 1.59. The van der Waals surface area contributed by atoms with Crippen LogP contribution in [0.3, 0.4) is 0 Å². The van der Waals surface area contributed by atoms with E-state index in [-0.39, 0.29) is 18.3 Å². The molecule has 1 amide bonds. The molecule has 14 heavy (non-hydrogen) atoms. The van der Waals surface area contributed by atoms with E-state index in [2.05, 4.69) is 15.6 Å². The highest BCUT2D eigenvalue weighted by molar-refractivity contribution is 6.30. The van der Waals surface area contributed by atoms with Gasteiger partial charge in [0, 0.05) is 19.3 Å². The van der Waals surface area contributed by atoms with Gasteiger partial charge in [-0.25, -0.2) is 0 Å². The van der Waals surface area contributed by atoms with Crippen molar-refractivity contribution >= 4 is 29.9 Å². The maximum absolute atomic E-state index is 11.3. The van der Waals surface area contributed by atoms with E-state index in [4.69, 9.17) is 11.6 Å². The molecule has 0 aliphatic heterocycles. The Labute approximate surface area is 93.8 Å². The van der Waals surface area contributed by atoms with Gasteiger partial charge >= 0.3 is 0 Å². The first kappa shape index (κ1) is 13.3. The van der Waals surface area contributed by atoms with Gasteiger partial charge < -0.3 is 15.6 Å². The largest absolute Gasteiger partial charge is 0.356 e. The first-order valence-electron chi connectivity index (χ1n) is 4.00. The topological polar surface area (TPSA) is 56.9 Å². The summed E-state index contributed by atoms with van der Waals surface area (Å²) in [4.78, 5) is 14.1. The first-order valence-corrected chi connectivity index (χ1v) is 4.38. The molecule has 0 unspecified atom stereocenters. The molecule has 1 heterocycles. The molecule has 0 saturated heterocycles. The second kappa shape index (κ2) is 6.70. The number of H-pyrrole nitrogens is 1. The summed E-state index contributed by atoms with van der Waals surface area (Å²) in [7, 11) is 1.83. The van der Waals surface area contributed by atoms with Crippen LogP contribution in [-0.4, -0.2) is 31.0 Å². The van der Waals surface area contributed by atoms with Gasteiger partial charge in [0.1, 0.15) is 5.69 Å². The average molecular weight is 238 g/mol. The van der Waals surface area contributed by atoms with Crippen LogP contribution in [-0.2, 0) is 0 Å². The number of likely N-dealkylation sites (N-methyl/N-ethyl adjacent to an activating group) is 1. The van der Waals surface area contributed by atoms with Gasteiger partial charge in [-0.15, -0.1) is 12.4 Å². The SMILES string of the molecule is CNCCNC(=O)c1cc(Cl)c[nH]1.Cl. The first-order chi connectivity index (χ1) is 6.24. The Morgan fingerprint density at radius 2 is 2.29 bits per heavy atom. The number of carbonyl (C=O) groups excluding carboxylic acids is 1. The smallest absolute Gasteiger partial charge is 0.267 e. The van der Waals surface area contributed by atoms with Crippen molar-refractivity contribution in [3.05, 3.63) is 23.0 Å². The van der Waals surface area contributed by atoms with Crippen molar-refractivity contribution < 1.29 is 4.79 Å². The Bertz CT molecular complexity index is 288. The molecule has 0 aromatic carbocycles. The zero-order chi connectivity index (χ0) is 9.68. The van der Waals surface area contributed by atoms with E-state index in [0.29, 0.717) is 17.3 Å². The van der Waals surface area contributed by atoms with Crippen LogP contribution in [0.5, 0.6) is 0 Å². The van der Waals surface area contributed by atoms with Crippen molar-refractivity contribution in [1.82, 2.24) is 15.6 Å². The lowest BCUT2D eigenvalue weighted by Gasteiger charge is -2.01. The third-order valence-electron chi connectivity index (χ3n) is 1.55. The predicted octanol–water partition coefficient (Wildman–Crippen LogP) is 1.04. The van der Waals surface area contributed by atoms with E-state index < -0.39 is 0 Å². The fourth-order valence-corrected chi connectivity index (χ4v) is 1.06. The molecule has 0 spiro atoms. The Morgan fingerprint density at radius 3 is 2.79 bits per heavy atom. The summed E-state index contributed by atoms with van der Waals surface area (Å²) >= 11 is 5.64. The Kier molecular flexibility index (Phi) is 6.36. The predicted molar refractivity (Wildman–Crippen MR) is 59.3 cm³/mol. The number of aromatic amines is 1. The van der Waals surface area contributed by atoms with Gasteiger partial charge in [-0.2, -0.15) is 0 Å². The molecule has 1 aromatic rings. The lowest BCUT2D eigenvalue weighted by molar-refractivity contribution is 0.0950. The molecule has 0 aliphatic carbocycles. The van der Waals surface area contributed by atoms with Gasteiger partial charge in [0.25, 0.3) is 5.91 Å². The van der Waals surface area contributed by atoms with Gasteiger partial charge in [0.15, 0.2) is 0 Å². The van der Waals surface area contributed by atoms with Crippen molar-refractivity contribution in [3.63, 3.8) is 0 Å². The minimum Gasteiger partial charge on any atom is -0.356 e. The minimum absolute atomic E-state index is 0. The van der Waals surface area contributed by atoms with Crippen LogP contribution >= 0.6 is 24.0 Å². The van der Waals surface area contributed by atoms with Crippen molar-refractivity contribution in [1.29, 1.82) is 0 Å². The summed E-state index contributed by atoms with van der Waals surface area (Å²) in [5, 5.41) is 6.19. The Morgan fingerprint density at radius 1 is 1.57 bits per heavy atom. The second-order valence-corrected chi connectivity index (χ2v) is 3.03. The van der Waals surface area contributed by atoms with E-state index in [1.807, 2.05) is 7.05 Å². The number of carbonyl (C=O) groups is 1. The average Bonchev–Trinajstić information content (AvgIpc) is 2.52. The van der Waals surface area contributed by atoms with Gasteiger partial charge in [0.05, 0.1) is 5.02 Å². The van der Waals surface area contributed by atoms with E-state index in [1.165, 1.54) is 0 Å². The third-order valence-corrected chi connectivity index (χ3v) is 1.77. The number of halogens is 2. The molecule has 80 valence electrons. The lowest BCUT2D eigenvalue weighted by Crippen LogP contribution is -2.30. The molecule has 0 fully saturated rings. The second-order valence-electron chi connectivity index (χ2n) is 2.59. The quantitative estimate of drug-likeness (QED) is 0.686. The van der Waals surface area contributed by atoms with Crippen LogP contribution < -0.4 is 10.6 Å². The van der Waals surface area contributed by atoms with E-state index in [9.17, 15) is 4.79 Å². The Balaban J connectivity index is 0.00000169. The highest BCUT2D eigenvalue weighted by Crippen LogP contribution is 2.08. The van der Waals surface area contributed by atoms with E-state index in [0.717, 1.165) is 6.54 Å². The summed E-state index contributed by atoms with van der Waals surface area (Å²) in [6.07, 6.45) is 1.58. The maximum Gasteiger partial charge on any atom is 0.267 e. The van der Waals surface area contributed by atoms with Gasteiger partial charge in [-0.05, 0) is 13.1 Å². The van der Waals surface area contributed by atoms with Crippen molar-refractivity contribution in [2.75, 3.05) is 20.1 Å². The van der Waals surface area contributed by atoms with Crippen LogP contribution in [0, 0.1) is 0 Å². The van der Waals surface area contributed by atoms with Crippen LogP contribution in [0.2, 0.25) is 5.02 Å². The van der Waals surface area contributed by atoms with Crippen LogP contribution in [0.15, 0.2) is 12.3 Å². The maximum atomic E-state index is 11.3. The normalized spacial score (nSPS) is 9.29. The number of aromatic nitrogens is 1. The van der Waals surface area contributed by atoms with Gasteiger partial charge in [-0.1, -0.05) is 11.6 Å². The standard InChI is InChI=1S/C8H12ClN3O.ClH/c1-10-2-3-11-8(13)7-4-6(9)5-12-7;/h4-5,10,12H,2-3H2,1H3,(H,11,13);1H. The van der Waals surface area contributed by atoms with Crippen molar-refractivity contribution in [3.8, 4) is 0 Å². The number of rotatable bonds is 4. The highest BCUT2D eigenvalue weighted by Gasteiger charge is 2.05. The van der Waals surface area contributed by atoms with E-state index in [1.54, 1.807) is 12.3 Å². The summed E-state index contributed by atoms with van der Waals surface area (Å²) in [5.74, 6) is -0.137. The summed E-state index contributed by atoms with van der Waals surface area (Å²) < 4.78 is 0. The summed E-state index contributed by atoms with van der Waals surface area (Å²) in [6.45, 7) is 1.35. The molecule has 0 radical (unpaired) electrons. The molecule has 6 heteroatoms. The van der Waals surface area contributed by atoms with Crippen LogP contribution in [0.25, 0.3) is 0 Å². The molecule has 4 nitrogen and oxygen atoms in total. The highest BCUT2D eigenvalue weighted by atomic mass is 35.5. The number of amides is 1. The molecule has 1 aromatic heterocycles. The minimum atomic E-state index is -0.137. The fraction of sp³-hybridized carbons (Fsp3) is 0.375. The van der Waals surface area contributed by atoms with Crippen molar-refractivity contribution in [2.24, 2.45) is 0 Å². The van der Waals surface area contributed by atoms with Crippen LogP contribution in [0.1, 0.15) is 10.5 Å². The fourth-order valence-electron chi connectivity index (χ4n) is 0.895. The zero-order valence-corrected chi connectivity index (χ0v) is 9.34. The Hall–Kier alpha value is -0.710. The lowest BCUT2D eigenvalue weighted by atomic mass is 10.4. The molecular formula is C8H13Cl2N3O. The van der Waals surface area contributed by atoms with Gasteiger partial charge in [0.2, 0.25) is 0 Å². The number of hydrogen-bond donors (Lipinski definition) is 3. The van der Waals surface area contributed by atoms with Crippen molar-refractivity contribution in [2.45, 2.75) is 0 Å². The monoisotopic (exact) mass is 237 g/mol. The van der Waals surface area contributed by atoms with Gasteiger partial charge in [-0.3, -0.25) is 4.79 Å². The molecule has 3 N–H and O–H groups in total. The number of nitrogens with one attached hydrogen (secondary N) is 3. The number of hydrogen-bond acceptors (Lipinski definition) is 2. The molecule has 0 atom stereocenters. The zero-order valence-electron chi connectivity index (χ0n) is 7.76. The third kappa shape index (κ3) is 4.00. The molecule has 0 aliphatic rings. The summed E-state index contributed by atoms with van der Waals surface area (Å²) in [5.41, 5.74) is 0.487. The molecule has 1 rings (SSSR count). The van der Waals surface area contributed by atoms with E-state index >= 15 is 0 Å². The molecule has 0 saturated carbocycles. The molecular weight excluding hydrogens is 225 g/mol. The van der Waals surface area contributed by atoms with Crippen LogP contribution in [0.4, 0.5) is 0 Å². The molecule has 0 bridgehead atoms.